The highest BCUT2D eigenvalue weighted by Gasteiger charge is 2.10. The Hall–Kier alpha value is -0.970. The van der Waals surface area contributed by atoms with Gasteiger partial charge in [0.2, 0.25) is 0 Å². The molecule has 0 spiro atoms. The summed E-state index contributed by atoms with van der Waals surface area (Å²) in [5.41, 5.74) is 4.87. The minimum Gasteiger partial charge on any atom is -0.387 e. The molecule has 13 heavy (non-hydrogen) atoms. The lowest BCUT2D eigenvalue weighted by Gasteiger charge is -2.03. The minimum atomic E-state index is -0.693. The summed E-state index contributed by atoms with van der Waals surface area (Å²) in [7, 11) is 0. The Labute approximate surface area is 82.4 Å². The van der Waals surface area contributed by atoms with Crippen LogP contribution in [0.25, 0.3) is 0 Å². The molecule has 0 atom stereocenters. The lowest BCUT2D eigenvalue weighted by Crippen LogP contribution is -2.15. The van der Waals surface area contributed by atoms with Crippen LogP contribution in [0.2, 0.25) is 0 Å². The van der Waals surface area contributed by atoms with Gasteiger partial charge < -0.3 is 5.73 Å². The van der Waals surface area contributed by atoms with E-state index in [9.17, 15) is 8.78 Å². The van der Waals surface area contributed by atoms with E-state index in [1.165, 1.54) is 0 Å². The summed E-state index contributed by atoms with van der Waals surface area (Å²) in [4.78, 5) is 0. The van der Waals surface area contributed by atoms with Crippen LogP contribution < -0.4 is 5.73 Å². The molecule has 5 heteroatoms. The van der Waals surface area contributed by atoms with Gasteiger partial charge in [-0.1, -0.05) is 15.9 Å². The number of halogens is 3. The first-order chi connectivity index (χ1) is 6.00. The molecule has 0 aliphatic carbocycles. The molecule has 0 saturated heterocycles. The molecule has 0 fully saturated rings. The van der Waals surface area contributed by atoms with Gasteiger partial charge in [0.1, 0.15) is 11.6 Å². The molecule has 0 aliphatic heterocycles. The number of hydrogen-bond donors (Lipinski definition) is 2. The summed E-state index contributed by atoms with van der Waals surface area (Å²) in [5, 5.41) is 6.91. The number of benzene rings is 1. The Morgan fingerprint density at radius 3 is 2.23 bits per heavy atom. The molecule has 1 aromatic rings. The van der Waals surface area contributed by atoms with Crippen LogP contribution in [0.5, 0.6) is 0 Å². The van der Waals surface area contributed by atoms with Crippen LogP contribution in [-0.4, -0.2) is 5.84 Å². The van der Waals surface area contributed by atoms with E-state index in [1.807, 2.05) is 0 Å². The molecule has 2 nitrogen and oxygen atoms in total. The van der Waals surface area contributed by atoms with Crippen molar-refractivity contribution in [3.05, 3.63) is 33.8 Å². The van der Waals surface area contributed by atoms with Gasteiger partial charge >= 0.3 is 0 Å². The van der Waals surface area contributed by atoms with Crippen LogP contribution in [0.15, 0.2) is 16.6 Å². The highest BCUT2D eigenvalue weighted by atomic mass is 79.9. The topological polar surface area (TPSA) is 49.9 Å². The summed E-state index contributed by atoms with van der Waals surface area (Å²) in [5.74, 6) is -1.65. The van der Waals surface area contributed by atoms with Gasteiger partial charge in [0.15, 0.2) is 0 Å². The SMILES string of the molecule is N=C(N)Cc1c(F)cc(Br)cc1F. The van der Waals surface area contributed by atoms with Gasteiger partial charge in [0, 0.05) is 16.5 Å². The molecule has 1 rings (SSSR count). The third kappa shape index (κ3) is 2.48. The van der Waals surface area contributed by atoms with Gasteiger partial charge in [0.05, 0.1) is 5.84 Å². The van der Waals surface area contributed by atoms with E-state index in [2.05, 4.69) is 15.9 Å². The van der Waals surface area contributed by atoms with Crippen LogP contribution in [0.1, 0.15) is 5.56 Å². The maximum absolute atomic E-state index is 13.0. The maximum Gasteiger partial charge on any atom is 0.130 e. The van der Waals surface area contributed by atoms with Crippen LogP contribution in [0.4, 0.5) is 8.78 Å². The van der Waals surface area contributed by atoms with Crippen molar-refractivity contribution in [2.24, 2.45) is 5.73 Å². The average molecular weight is 249 g/mol. The molecule has 0 bridgehead atoms. The minimum absolute atomic E-state index is 0.171. The van der Waals surface area contributed by atoms with Crippen molar-refractivity contribution >= 4 is 21.8 Å². The Kier molecular flexibility index (Phi) is 2.98. The normalized spacial score (nSPS) is 10.1. The van der Waals surface area contributed by atoms with Gasteiger partial charge in [0.25, 0.3) is 0 Å². The Bertz CT molecular complexity index is 329. The highest BCUT2D eigenvalue weighted by molar-refractivity contribution is 9.10. The summed E-state index contributed by atoms with van der Waals surface area (Å²) in [6.45, 7) is 0. The lowest BCUT2D eigenvalue weighted by atomic mass is 10.1. The number of amidine groups is 1. The zero-order valence-electron chi connectivity index (χ0n) is 6.57. The standard InChI is InChI=1S/C8H7BrF2N2/c9-4-1-6(10)5(3-8(12)13)7(11)2-4/h1-2H,3H2,(H3,12,13). The first-order valence-electron chi connectivity index (χ1n) is 3.47. The number of rotatable bonds is 2. The van der Waals surface area contributed by atoms with Gasteiger partial charge in [-0.3, -0.25) is 5.41 Å². The molecule has 0 heterocycles. The highest BCUT2D eigenvalue weighted by Crippen LogP contribution is 2.19. The van der Waals surface area contributed by atoms with Crippen LogP contribution in [0, 0.1) is 17.0 Å². The van der Waals surface area contributed by atoms with Crippen molar-refractivity contribution < 1.29 is 8.78 Å². The quantitative estimate of drug-likeness (QED) is 0.612. The second kappa shape index (κ2) is 3.83. The van der Waals surface area contributed by atoms with E-state index >= 15 is 0 Å². The van der Waals surface area contributed by atoms with E-state index in [-0.39, 0.29) is 17.8 Å². The van der Waals surface area contributed by atoms with Crippen molar-refractivity contribution in [2.75, 3.05) is 0 Å². The van der Waals surface area contributed by atoms with Crippen molar-refractivity contribution in [3.63, 3.8) is 0 Å². The summed E-state index contributed by atoms with van der Waals surface area (Å²) < 4.78 is 26.4. The van der Waals surface area contributed by atoms with E-state index in [0.717, 1.165) is 12.1 Å². The van der Waals surface area contributed by atoms with Crippen molar-refractivity contribution in [1.29, 1.82) is 5.41 Å². The fourth-order valence-electron chi connectivity index (χ4n) is 0.931. The Morgan fingerprint density at radius 1 is 1.38 bits per heavy atom. The van der Waals surface area contributed by atoms with Gasteiger partial charge in [-0.15, -0.1) is 0 Å². The van der Waals surface area contributed by atoms with Crippen LogP contribution in [0.3, 0.4) is 0 Å². The Morgan fingerprint density at radius 2 is 1.85 bits per heavy atom. The molecular formula is C8H7BrF2N2. The third-order valence-corrected chi connectivity index (χ3v) is 1.93. The van der Waals surface area contributed by atoms with Gasteiger partial charge in [-0.2, -0.15) is 0 Å². The van der Waals surface area contributed by atoms with E-state index in [0.29, 0.717) is 4.47 Å². The molecule has 0 unspecified atom stereocenters. The maximum atomic E-state index is 13.0. The molecule has 70 valence electrons. The van der Waals surface area contributed by atoms with E-state index in [4.69, 9.17) is 11.1 Å². The molecule has 3 N–H and O–H groups in total. The number of nitrogens with two attached hydrogens (primary N) is 1. The smallest absolute Gasteiger partial charge is 0.130 e. The second-order valence-corrected chi connectivity index (χ2v) is 3.47. The zero-order valence-corrected chi connectivity index (χ0v) is 8.16. The van der Waals surface area contributed by atoms with Gasteiger partial charge in [-0.05, 0) is 12.1 Å². The van der Waals surface area contributed by atoms with Crippen LogP contribution >= 0.6 is 15.9 Å². The zero-order chi connectivity index (χ0) is 10.0. The predicted octanol–water partition coefficient (Wildman–Crippen LogP) is 2.21. The number of nitrogens with one attached hydrogen (secondary N) is 1. The molecule has 0 radical (unpaired) electrons. The summed E-state index contributed by atoms with van der Waals surface area (Å²) >= 11 is 2.95. The fourth-order valence-corrected chi connectivity index (χ4v) is 1.33. The second-order valence-electron chi connectivity index (χ2n) is 2.55. The third-order valence-electron chi connectivity index (χ3n) is 1.47. The molecule has 0 amide bonds. The van der Waals surface area contributed by atoms with Crippen LogP contribution in [-0.2, 0) is 6.42 Å². The van der Waals surface area contributed by atoms with Gasteiger partial charge in [-0.25, -0.2) is 8.78 Å². The monoisotopic (exact) mass is 248 g/mol. The number of hydrogen-bond acceptors (Lipinski definition) is 1. The first kappa shape index (κ1) is 10.1. The lowest BCUT2D eigenvalue weighted by molar-refractivity contribution is 0.562. The fraction of sp³-hybridized carbons (Fsp3) is 0.125. The largest absolute Gasteiger partial charge is 0.387 e. The molecule has 0 aromatic heterocycles. The first-order valence-corrected chi connectivity index (χ1v) is 4.26. The van der Waals surface area contributed by atoms with Crippen molar-refractivity contribution in [3.8, 4) is 0 Å². The summed E-state index contributed by atoms with van der Waals surface area (Å²) in [6, 6.07) is 2.28. The molecule has 0 saturated carbocycles. The van der Waals surface area contributed by atoms with E-state index < -0.39 is 11.6 Å². The summed E-state index contributed by atoms with van der Waals surface area (Å²) in [6.07, 6.45) is -0.203. The van der Waals surface area contributed by atoms with E-state index in [1.54, 1.807) is 0 Å². The molecular weight excluding hydrogens is 242 g/mol. The Balaban J connectivity index is 3.13. The van der Waals surface area contributed by atoms with Crippen molar-refractivity contribution in [2.45, 2.75) is 6.42 Å². The molecule has 0 aliphatic rings. The van der Waals surface area contributed by atoms with Crippen molar-refractivity contribution in [1.82, 2.24) is 0 Å². The molecule has 1 aromatic carbocycles. The predicted molar refractivity (Wildman–Crippen MR) is 49.7 cm³/mol. The average Bonchev–Trinajstić information content (AvgIpc) is 1.96.